The molecular formula is C21H38N6O. The van der Waals surface area contributed by atoms with Crippen LogP contribution in [0.15, 0.2) is 21.8 Å². The Morgan fingerprint density at radius 1 is 1.25 bits per heavy atom. The van der Waals surface area contributed by atoms with Gasteiger partial charge in [0.25, 0.3) is 0 Å². The average molecular weight is 391 g/mol. The molecule has 3 rings (SSSR count). The van der Waals surface area contributed by atoms with E-state index in [9.17, 15) is 0 Å². The number of hydrogen-bond donors (Lipinski definition) is 1. The van der Waals surface area contributed by atoms with E-state index in [1.807, 2.05) is 6.07 Å². The highest BCUT2D eigenvalue weighted by molar-refractivity contribution is 5.80. The lowest BCUT2D eigenvalue weighted by molar-refractivity contribution is 0.165. The number of rotatable bonds is 7. The standard InChI is InChI=1S/C21H38N6O/c1-4-22-21(23-16-20(25(2)3)18-8-6-5-7-9-18)27-13-11-26(12-14-27)17-19-10-15-28-24-19/h10,15,18,20H,4-9,11-14,16-17H2,1-3H3,(H,22,23). The highest BCUT2D eigenvalue weighted by atomic mass is 16.5. The summed E-state index contributed by atoms with van der Waals surface area (Å²) in [5.74, 6) is 1.86. The zero-order valence-electron chi connectivity index (χ0n) is 17.9. The topological polar surface area (TPSA) is 60.1 Å². The molecule has 1 N–H and O–H groups in total. The molecule has 0 spiro atoms. The van der Waals surface area contributed by atoms with Gasteiger partial charge in [0, 0.05) is 51.4 Å². The summed E-state index contributed by atoms with van der Waals surface area (Å²) in [6.07, 6.45) is 8.53. The van der Waals surface area contributed by atoms with Gasteiger partial charge >= 0.3 is 0 Å². The Morgan fingerprint density at radius 3 is 2.61 bits per heavy atom. The van der Waals surface area contributed by atoms with Crippen LogP contribution in [0.4, 0.5) is 0 Å². The summed E-state index contributed by atoms with van der Waals surface area (Å²) in [5.41, 5.74) is 1.01. The van der Waals surface area contributed by atoms with Crippen LogP contribution in [0, 0.1) is 5.92 Å². The van der Waals surface area contributed by atoms with Crippen LogP contribution >= 0.6 is 0 Å². The molecule has 0 aromatic carbocycles. The van der Waals surface area contributed by atoms with Crippen LogP contribution in [-0.4, -0.2) is 85.2 Å². The Labute approximate surface area is 170 Å². The third-order valence-corrected chi connectivity index (χ3v) is 6.17. The van der Waals surface area contributed by atoms with Crippen molar-refractivity contribution in [3.05, 3.63) is 18.0 Å². The molecule has 1 saturated heterocycles. The van der Waals surface area contributed by atoms with Crippen molar-refractivity contribution in [1.82, 2.24) is 25.2 Å². The van der Waals surface area contributed by atoms with Crippen LogP contribution in [0.25, 0.3) is 0 Å². The van der Waals surface area contributed by atoms with Gasteiger partial charge in [0.1, 0.15) is 6.26 Å². The van der Waals surface area contributed by atoms with Crippen LogP contribution < -0.4 is 5.32 Å². The SMILES string of the molecule is CCNC(=NCC(C1CCCCC1)N(C)C)N1CCN(Cc2ccon2)CC1. The molecule has 1 unspecified atom stereocenters. The summed E-state index contributed by atoms with van der Waals surface area (Å²) >= 11 is 0. The second kappa shape index (κ2) is 10.8. The van der Waals surface area contributed by atoms with Gasteiger partial charge in [-0.25, -0.2) is 0 Å². The van der Waals surface area contributed by atoms with Gasteiger partial charge in [-0.2, -0.15) is 0 Å². The highest BCUT2D eigenvalue weighted by Gasteiger charge is 2.26. The molecule has 1 atom stereocenters. The zero-order chi connectivity index (χ0) is 19.8. The minimum absolute atomic E-state index is 0.544. The lowest BCUT2D eigenvalue weighted by atomic mass is 9.83. The zero-order valence-corrected chi connectivity index (χ0v) is 17.9. The summed E-state index contributed by atoms with van der Waals surface area (Å²) in [7, 11) is 4.43. The molecule has 0 radical (unpaired) electrons. The molecule has 1 aliphatic carbocycles. The number of nitrogens with one attached hydrogen (secondary N) is 1. The normalized spacial score (nSPS) is 21.3. The van der Waals surface area contributed by atoms with Crippen LogP contribution in [0.5, 0.6) is 0 Å². The minimum atomic E-state index is 0.544. The molecule has 1 aliphatic heterocycles. The first-order valence-corrected chi connectivity index (χ1v) is 11.0. The Bertz CT molecular complexity index is 574. The largest absolute Gasteiger partial charge is 0.364 e. The fourth-order valence-electron chi connectivity index (χ4n) is 4.52. The highest BCUT2D eigenvalue weighted by Crippen LogP contribution is 2.28. The molecule has 2 heterocycles. The minimum Gasteiger partial charge on any atom is -0.364 e. The predicted octanol–water partition coefficient (Wildman–Crippen LogP) is 2.27. The van der Waals surface area contributed by atoms with Gasteiger partial charge in [0.15, 0.2) is 5.96 Å². The van der Waals surface area contributed by atoms with E-state index >= 15 is 0 Å². The molecule has 7 nitrogen and oxygen atoms in total. The van der Waals surface area contributed by atoms with Gasteiger partial charge in [-0.3, -0.25) is 9.89 Å². The van der Waals surface area contributed by atoms with Crippen LogP contribution in [0.1, 0.15) is 44.7 Å². The van der Waals surface area contributed by atoms with Crippen molar-refractivity contribution in [3.8, 4) is 0 Å². The summed E-state index contributed by atoms with van der Waals surface area (Å²) in [5, 5.41) is 7.55. The van der Waals surface area contributed by atoms with E-state index in [0.29, 0.717) is 6.04 Å². The summed E-state index contributed by atoms with van der Waals surface area (Å²) < 4.78 is 4.95. The van der Waals surface area contributed by atoms with E-state index in [-0.39, 0.29) is 0 Å². The molecule has 158 valence electrons. The van der Waals surface area contributed by atoms with E-state index in [4.69, 9.17) is 9.52 Å². The van der Waals surface area contributed by atoms with E-state index in [0.717, 1.165) is 63.4 Å². The van der Waals surface area contributed by atoms with Gasteiger partial charge in [-0.15, -0.1) is 0 Å². The van der Waals surface area contributed by atoms with Gasteiger partial charge in [0.2, 0.25) is 0 Å². The van der Waals surface area contributed by atoms with E-state index < -0.39 is 0 Å². The van der Waals surface area contributed by atoms with Crippen molar-refractivity contribution >= 4 is 5.96 Å². The Kier molecular flexibility index (Phi) is 8.15. The number of piperazine rings is 1. The summed E-state index contributed by atoms with van der Waals surface area (Å²) in [4.78, 5) is 12.3. The van der Waals surface area contributed by atoms with Crippen molar-refractivity contribution in [3.63, 3.8) is 0 Å². The van der Waals surface area contributed by atoms with Gasteiger partial charge < -0.3 is 19.6 Å². The summed E-state index contributed by atoms with van der Waals surface area (Å²) in [6.45, 7) is 8.87. The van der Waals surface area contributed by atoms with Crippen molar-refractivity contribution in [2.45, 2.75) is 51.6 Å². The number of likely N-dealkylation sites (N-methyl/N-ethyl adjacent to an activating group) is 1. The molecule has 7 heteroatoms. The fourth-order valence-corrected chi connectivity index (χ4v) is 4.52. The molecule has 28 heavy (non-hydrogen) atoms. The molecule has 0 bridgehead atoms. The smallest absolute Gasteiger partial charge is 0.194 e. The first-order chi connectivity index (χ1) is 13.7. The second-order valence-electron chi connectivity index (χ2n) is 8.38. The number of hydrogen-bond acceptors (Lipinski definition) is 5. The van der Waals surface area contributed by atoms with Gasteiger partial charge in [0.05, 0.1) is 12.2 Å². The number of aliphatic imine (C=N–C) groups is 1. The number of aromatic nitrogens is 1. The van der Waals surface area contributed by atoms with E-state index in [2.05, 4.69) is 46.2 Å². The lowest BCUT2D eigenvalue weighted by Crippen LogP contribution is -2.52. The van der Waals surface area contributed by atoms with Gasteiger partial charge in [-0.05, 0) is 39.8 Å². The number of nitrogens with zero attached hydrogens (tertiary/aromatic N) is 5. The van der Waals surface area contributed by atoms with Crippen molar-refractivity contribution in [2.75, 3.05) is 53.4 Å². The third kappa shape index (κ3) is 5.95. The maximum Gasteiger partial charge on any atom is 0.194 e. The van der Waals surface area contributed by atoms with E-state index in [1.54, 1.807) is 6.26 Å². The third-order valence-electron chi connectivity index (χ3n) is 6.17. The monoisotopic (exact) mass is 390 g/mol. The molecule has 2 aliphatic rings. The maximum absolute atomic E-state index is 5.08. The van der Waals surface area contributed by atoms with Crippen molar-refractivity contribution < 1.29 is 4.52 Å². The first kappa shape index (κ1) is 21.1. The summed E-state index contributed by atoms with van der Waals surface area (Å²) in [6, 6.07) is 2.49. The number of guanidine groups is 1. The van der Waals surface area contributed by atoms with Crippen LogP contribution in [-0.2, 0) is 6.54 Å². The Hall–Kier alpha value is -1.60. The quantitative estimate of drug-likeness (QED) is 0.569. The molecule has 2 fully saturated rings. The van der Waals surface area contributed by atoms with Crippen LogP contribution in [0.3, 0.4) is 0 Å². The molecule has 0 amide bonds. The average Bonchev–Trinajstić information content (AvgIpc) is 3.22. The van der Waals surface area contributed by atoms with Gasteiger partial charge in [-0.1, -0.05) is 24.4 Å². The Balaban J connectivity index is 1.55. The fraction of sp³-hybridized carbons (Fsp3) is 0.810. The first-order valence-electron chi connectivity index (χ1n) is 11.0. The predicted molar refractivity (Wildman–Crippen MR) is 113 cm³/mol. The van der Waals surface area contributed by atoms with Crippen LogP contribution in [0.2, 0.25) is 0 Å². The van der Waals surface area contributed by atoms with Crippen molar-refractivity contribution in [1.29, 1.82) is 0 Å². The molecule has 1 aromatic heterocycles. The van der Waals surface area contributed by atoms with E-state index in [1.165, 1.54) is 32.1 Å². The molecule has 1 saturated carbocycles. The molecular weight excluding hydrogens is 352 g/mol. The lowest BCUT2D eigenvalue weighted by Gasteiger charge is -2.37. The maximum atomic E-state index is 5.08. The Morgan fingerprint density at radius 2 is 2.00 bits per heavy atom. The van der Waals surface area contributed by atoms with Crippen molar-refractivity contribution in [2.24, 2.45) is 10.9 Å². The second-order valence-corrected chi connectivity index (χ2v) is 8.38. The molecule has 1 aromatic rings.